The van der Waals surface area contributed by atoms with Crippen LogP contribution >= 0.6 is 0 Å². The van der Waals surface area contributed by atoms with E-state index in [-0.39, 0.29) is 5.56 Å². The average molecular weight is 231 g/mol. The van der Waals surface area contributed by atoms with Crippen molar-refractivity contribution in [2.75, 3.05) is 6.54 Å². The van der Waals surface area contributed by atoms with Gasteiger partial charge in [-0.15, -0.1) is 0 Å². The Morgan fingerprint density at radius 2 is 1.69 bits per heavy atom. The first kappa shape index (κ1) is 13.0. The van der Waals surface area contributed by atoms with Crippen LogP contribution in [0.25, 0.3) is 0 Å². The van der Waals surface area contributed by atoms with Gasteiger partial charge in [-0.3, -0.25) is 0 Å². The summed E-state index contributed by atoms with van der Waals surface area (Å²) < 4.78 is 39.2. The molecule has 0 saturated carbocycles. The maximum atomic E-state index is 13.1. The highest BCUT2D eigenvalue weighted by Gasteiger charge is 2.51. The number of alkyl halides is 3. The number of rotatable bonds is 4. The second-order valence-electron chi connectivity index (χ2n) is 3.92. The predicted octanol–water partition coefficient (Wildman–Crippen LogP) is 3.46. The Morgan fingerprint density at radius 3 is 2.12 bits per heavy atom. The van der Waals surface area contributed by atoms with Crippen LogP contribution in [0.5, 0.6) is 0 Å². The Bertz CT molecular complexity index is 321. The molecule has 16 heavy (non-hydrogen) atoms. The van der Waals surface area contributed by atoms with E-state index in [0.717, 1.165) is 0 Å². The smallest absolute Gasteiger partial charge is 0.300 e. The van der Waals surface area contributed by atoms with Gasteiger partial charge >= 0.3 is 6.18 Å². The predicted molar refractivity (Wildman–Crippen MR) is 58.1 cm³/mol. The van der Waals surface area contributed by atoms with Crippen molar-refractivity contribution >= 4 is 0 Å². The van der Waals surface area contributed by atoms with Gasteiger partial charge in [0.15, 0.2) is 0 Å². The molecule has 0 aromatic heterocycles. The van der Waals surface area contributed by atoms with Crippen molar-refractivity contribution in [2.45, 2.75) is 32.0 Å². The number of benzene rings is 1. The SMILES string of the molecule is CCCNC(C)(c1ccccc1)C(F)(F)F. The Kier molecular flexibility index (Phi) is 3.97. The average Bonchev–Trinajstić information content (AvgIpc) is 2.25. The molecule has 0 amide bonds. The first-order valence-electron chi connectivity index (χ1n) is 5.29. The van der Waals surface area contributed by atoms with E-state index in [2.05, 4.69) is 5.32 Å². The van der Waals surface area contributed by atoms with Gasteiger partial charge in [0.1, 0.15) is 5.54 Å². The van der Waals surface area contributed by atoms with Gasteiger partial charge < -0.3 is 5.32 Å². The zero-order chi connectivity index (χ0) is 12.2. The molecule has 1 aromatic carbocycles. The standard InChI is InChI=1S/C12H16F3N/c1-3-9-16-11(2,12(13,14)15)10-7-5-4-6-8-10/h4-8,16H,3,9H2,1-2H3. The van der Waals surface area contributed by atoms with Gasteiger partial charge in [-0.1, -0.05) is 37.3 Å². The van der Waals surface area contributed by atoms with Gasteiger partial charge in [0.2, 0.25) is 0 Å². The second kappa shape index (κ2) is 4.87. The molecule has 0 aliphatic rings. The Morgan fingerprint density at radius 1 is 1.12 bits per heavy atom. The number of hydrogen-bond donors (Lipinski definition) is 1. The molecule has 0 aliphatic heterocycles. The van der Waals surface area contributed by atoms with Crippen LogP contribution in [0.2, 0.25) is 0 Å². The molecule has 0 spiro atoms. The number of halogens is 3. The molecule has 0 radical (unpaired) electrons. The molecule has 90 valence electrons. The summed E-state index contributed by atoms with van der Waals surface area (Å²) in [6, 6.07) is 7.94. The fourth-order valence-corrected chi connectivity index (χ4v) is 1.51. The van der Waals surface area contributed by atoms with Crippen LogP contribution in [0.15, 0.2) is 30.3 Å². The van der Waals surface area contributed by atoms with E-state index in [1.165, 1.54) is 19.1 Å². The normalized spacial score (nSPS) is 15.8. The summed E-state index contributed by atoms with van der Waals surface area (Å²) in [4.78, 5) is 0. The van der Waals surface area contributed by atoms with Gasteiger partial charge in [-0.2, -0.15) is 13.2 Å². The summed E-state index contributed by atoms with van der Waals surface area (Å²) in [5.74, 6) is 0. The van der Waals surface area contributed by atoms with Crippen molar-refractivity contribution in [2.24, 2.45) is 0 Å². The lowest BCUT2D eigenvalue weighted by molar-refractivity contribution is -0.195. The van der Waals surface area contributed by atoms with Crippen molar-refractivity contribution in [1.82, 2.24) is 5.32 Å². The Hall–Kier alpha value is -1.03. The minimum atomic E-state index is -4.30. The summed E-state index contributed by atoms with van der Waals surface area (Å²) in [7, 11) is 0. The maximum absolute atomic E-state index is 13.1. The molecule has 4 heteroatoms. The summed E-state index contributed by atoms with van der Waals surface area (Å²) in [6.45, 7) is 3.36. The minimum Gasteiger partial charge on any atom is -0.300 e. The minimum absolute atomic E-state index is 0.246. The van der Waals surface area contributed by atoms with Crippen LogP contribution in [0, 0.1) is 0 Å². The summed E-state index contributed by atoms with van der Waals surface area (Å²) in [5, 5.41) is 2.58. The van der Waals surface area contributed by atoms with E-state index in [9.17, 15) is 13.2 Å². The molecule has 1 aromatic rings. The third-order valence-corrected chi connectivity index (χ3v) is 2.65. The highest BCUT2D eigenvalue weighted by molar-refractivity contribution is 5.25. The van der Waals surface area contributed by atoms with E-state index >= 15 is 0 Å². The highest BCUT2D eigenvalue weighted by atomic mass is 19.4. The largest absolute Gasteiger partial charge is 0.410 e. The van der Waals surface area contributed by atoms with Crippen molar-refractivity contribution in [3.05, 3.63) is 35.9 Å². The number of nitrogens with one attached hydrogen (secondary N) is 1. The monoisotopic (exact) mass is 231 g/mol. The van der Waals surface area contributed by atoms with Crippen LogP contribution in [-0.4, -0.2) is 12.7 Å². The van der Waals surface area contributed by atoms with E-state index in [0.29, 0.717) is 13.0 Å². The summed E-state index contributed by atoms with van der Waals surface area (Å²) in [5.41, 5.74) is -1.72. The van der Waals surface area contributed by atoms with E-state index in [4.69, 9.17) is 0 Å². The zero-order valence-corrected chi connectivity index (χ0v) is 9.43. The van der Waals surface area contributed by atoms with E-state index in [1.54, 1.807) is 18.2 Å². The molecule has 0 bridgehead atoms. The fourth-order valence-electron chi connectivity index (χ4n) is 1.51. The number of hydrogen-bond acceptors (Lipinski definition) is 1. The maximum Gasteiger partial charge on any atom is 0.410 e. The summed E-state index contributed by atoms with van der Waals surface area (Å²) in [6.07, 6.45) is -3.64. The molecular formula is C12H16F3N. The van der Waals surface area contributed by atoms with Gasteiger partial charge in [0, 0.05) is 0 Å². The molecular weight excluding hydrogens is 215 g/mol. The molecule has 1 unspecified atom stereocenters. The van der Waals surface area contributed by atoms with E-state index < -0.39 is 11.7 Å². The lowest BCUT2D eigenvalue weighted by Crippen LogP contribution is -2.51. The molecule has 1 rings (SSSR count). The molecule has 0 fully saturated rings. The molecule has 0 heterocycles. The molecule has 0 saturated heterocycles. The third-order valence-electron chi connectivity index (χ3n) is 2.65. The molecule has 1 N–H and O–H groups in total. The first-order chi connectivity index (χ1) is 7.42. The third kappa shape index (κ3) is 2.55. The van der Waals surface area contributed by atoms with Gasteiger partial charge in [0.05, 0.1) is 0 Å². The zero-order valence-electron chi connectivity index (χ0n) is 9.43. The van der Waals surface area contributed by atoms with Gasteiger partial charge in [-0.05, 0) is 25.5 Å². The Balaban J connectivity index is 3.05. The van der Waals surface area contributed by atoms with Crippen molar-refractivity contribution < 1.29 is 13.2 Å². The molecule has 1 atom stereocenters. The van der Waals surface area contributed by atoms with E-state index in [1.807, 2.05) is 6.92 Å². The van der Waals surface area contributed by atoms with Crippen LogP contribution in [-0.2, 0) is 5.54 Å². The first-order valence-corrected chi connectivity index (χ1v) is 5.29. The topological polar surface area (TPSA) is 12.0 Å². The van der Waals surface area contributed by atoms with Gasteiger partial charge in [-0.25, -0.2) is 0 Å². The lowest BCUT2D eigenvalue weighted by Gasteiger charge is -2.33. The Labute approximate surface area is 93.7 Å². The van der Waals surface area contributed by atoms with Crippen molar-refractivity contribution in [3.8, 4) is 0 Å². The lowest BCUT2D eigenvalue weighted by atomic mass is 9.91. The van der Waals surface area contributed by atoms with Crippen LogP contribution in [0.3, 0.4) is 0 Å². The van der Waals surface area contributed by atoms with Crippen LogP contribution in [0.4, 0.5) is 13.2 Å². The molecule has 1 nitrogen and oxygen atoms in total. The second-order valence-corrected chi connectivity index (χ2v) is 3.92. The quantitative estimate of drug-likeness (QED) is 0.836. The van der Waals surface area contributed by atoms with Gasteiger partial charge in [0.25, 0.3) is 0 Å². The molecule has 0 aliphatic carbocycles. The summed E-state index contributed by atoms with van der Waals surface area (Å²) >= 11 is 0. The van der Waals surface area contributed by atoms with Crippen LogP contribution < -0.4 is 5.32 Å². The van der Waals surface area contributed by atoms with Crippen LogP contribution in [0.1, 0.15) is 25.8 Å². The fraction of sp³-hybridized carbons (Fsp3) is 0.500. The van der Waals surface area contributed by atoms with Crippen molar-refractivity contribution in [1.29, 1.82) is 0 Å². The van der Waals surface area contributed by atoms with Crippen molar-refractivity contribution in [3.63, 3.8) is 0 Å². The highest BCUT2D eigenvalue weighted by Crippen LogP contribution is 2.38.